The number of hydrogen-bond donors (Lipinski definition) is 1. The maximum atomic E-state index is 12.8. The van der Waals surface area contributed by atoms with Crippen LogP contribution in [0.2, 0.25) is 10.0 Å². The zero-order chi connectivity index (χ0) is 17.4. The van der Waals surface area contributed by atoms with E-state index >= 15 is 0 Å². The maximum absolute atomic E-state index is 12.8. The van der Waals surface area contributed by atoms with Gasteiger partial charge in [0.05, 0.1) is 21.3 Å². The number of alkyl halides is 3. The summed E-state index contributed by atoms with van der Waals surface area (Å²) in [6.07, 6.45) is -3.22. The molecule has 1 heterocycles. The number of aliphatic hydroxyl groups excluding tert-OH is 1. The van der Waals surface area contributed by atoms with Crippen molar-refractivity contribution < 1.29 is 18.3 Å². The number of rotatable bonds is 4. The summed E-state index contributed by atoms with van der Waals surface area (Å²) in [7, 11) is 0. The Hall–Kier alpha value is -1.17. The molecule has 0 spiro atoms. The Morgan fingerprint density at radius 2 is 1.65 bits per heavy atom. The smallest absolute Gasteiger partial charge is 0.396 e. The van der Waals surface area contributed by atoms with Gasteiger partial charge in [0, 0.05) is 18.0 Å². The van der Waals surface area contributed by atoms with E-state index in [1.165, 1.54) is 0 Å². The summed E-state index contributed by atoms with van der Waals surface area (Å²) >= 11 is 12.2. The van der Waals surface area contributed by atoms with E-state index in [1.54, 1.807) is 4.57 Å². The number of aryl methyl sites for hydroxylation is 2. The standard InChI is InChI=1S/C16H16Cl2F3NO/c1-9-6-11(4-3-5-23)10(2)22(9)15-13(17)7-12(8-14(15)18)16(19,20)21/h6-8,23H,3-5H2,1-2H3. The van der Waals surface area contributed by atoms with Gasteiger partial charge in [0.1, 0.15) is 0 Å². The van der Waals surface area contributed by atoms with Crippen LogP contribution in [-0.4, -0.2) is 16.3 Å². The number of aromatic nitrogens is 1. The van der Waals surface area contributed by atoms with Gasteiger partial charge >= 0.3 is 6.18 Å². The second-order valence-electron chi connectivity index (χ2n) is 5.35. The molecule has 0 unspecified atom stereocenters. The SMILES string of the molecule is Cc1cc(CCCO)c(C)n1-c1c(Cl)cc(C(F)(F)F)cc1Cl. The van der Waals surface area contributed by atoms with Gasteiger partial charge in [0.15, 0.2) is 0 Å². The molecule has 0 saturated carbocycles. The van der Waals surface area contributed by atoms with Crippen LogP contribution in [0.3, 0.4) is 0 Å². The molecule has 2 aromatic rings. The highest BCUT2D eigenvalue weighted by Crippen LogP contribution is 2.39. The first-order chi connectivity index (χ1) is 10.7. The summed E-state index contributed by atoms with van der Waals surface area (Å²) in [5.74, 6) is 0. The van der Waals surface area contributed by atoms with E-state index in [4.69, 9.17) is 28.3 Å². The van der Waals surface area contributed by atoms with Crippen LogP contribution in [0.4, 0.5) is 13.2 Å². The molecule has 0 radical (unpaired) electrons. The van der Waals surface area contributed by atoms with Gasteiger partial charge in [-0.25, -0.2) is 0 Å². The summed E-state index contributed by atoms with van der Waals surface area (Å²) < 4.78 is 40.3. The first-order valence-corrected chi connectivity index (χ1v) is 7.77. The zero-order valence-corrected chi connectivity index (χ0v) is 14.1. The van der Waals surface area contributed by atoms with E-state index in [2.05, 4.69) is 0 Å². The van der Waals surface area contributed by atoms with Gasteiger partial charge in [0.2, 0.25) is 0 Å². The first-order valence-electron chi connectivity index (χ1n) is 7.02. The summed E-state index contributed by atoms with van der Waals surface area (Å²) in [6, 6.07) is 3.69. The summed E-state index contributed by atoms with van der Waals surface area (Å²) in [5, 5.41) is 8.84. The molecule has 0 aliphatic carbocycles. The van der Waals surface area contributed by atoms with Crippen LogP contribution < -0.4 is 0 Å². The van der Waals surface area contributed by atoms with Gasteiger partial charge in [0.25, 0.3) is 0 Å². The molecular formula is C16H16Cl2F3NO. The predicted octanol–water partition coefficient (Wildman–Crippen LogP) is 5.34. The fourth-order valence-corrected chi connectivity index (χ4v) is 3.29. The molecule has 0 amide bonds. The van der Waals surface area contributed by atoms with Crippen molar-refractivity contribution in [3.8, 4) is 5.69 Å². The van der Waals surface area contributed by atoms with Crippen molar-refractivity contribution in [2.75, 3.05) is 6.61 Å². The molecule has 23 heavy (non-hydrogen) atoms. The third-order valence-corrected chi connectivity index (χ3v) is 4.28. The highest BCUT2D eigenvalue weighted by atomic mass is 35.5. The van der Waals surface area contributed by atoms with Crippen molar-refractivity contribution in [3.63, 3.8) is 0 Å². The van der Waals surface area contributed by atoms with Crippen molar-refractivity contribution >= 4 is 23.2 Å². The van der Waals surface area contributed by atoms with E-state index in [-0.39, 0.29) is 16.7 Å². The number of nitrogens with zero attached hydrogens (tertiary/aromatic N) is 1. The average molecular weight is 366 g/mol. The van der Waals surface area contributed by atoms with E-state index in [9.17, 15) is 13.2 Å². The van der Waals surface area contributed by atoms with Crippen LogP contribution in [0.15, 0.2) is 18.2 Å². The van der Waals surface area contributed by atoms with Crippen molar-refractivity contribution in [2.45, 2.75) is 32.9 Å². The molecule has 0 fully saturated rings. The predicted molar refractivity (Wildman–Crippen MR) is 85.7 cm³/mol. The zero-order valence-electron chi connectivity index (χ0n) is 12.6. The van der Waals surface area contributed by atoms with Crippen LogP contribution in [0, 0.1) is 13.8 Å². The van der Waals surface area contributed by atoms with Crippen LogP contribution in [0.25, 0.3) is 5.69 Å². The first kappa shape index (κ1) is 18.2. The molecule has 0 aliphatic heterocycles. The molecule has 7 heteroatoms. The van der Waals surface area contributed by atoms with Crippen LogP contribution in [0.5, 0.6) is 0 Å². The minimum absolute atomic E-state index is 0.0552. The lowest BCUT2D eigenvalue weighted by Gasteiger charge is -2.16. The Kier molecular flexibility index (Phi) is 5.33. The minimum Gasteiger partial charge on any atom is -0.396 e. The lowest BCUT2D eigenvalue weighted by atomic mass is 10.1. The molecule has 0 bridgehead atoms. The van der Waals surface area contributed by atoms with Crippen molar-refractivity contribution in [1.29, 1.82) is 0 Å². The number of halogens is 5. The van der Waals surface area contributed by atoms with Crippen molar-refractivity contribution in [3.05, 3.63) is 50.8 Å². The molecule has 126 valence electrons. The Morgan fingerprint density at radius 1 is 1.09 bits per heavy atom. The summed E-state index contributed by atoms with van der Waals surface area (Å²) in [4.78, 5) is 0. The Morgan fingerprint density at radius 3 is 2.13 bits per heavy atom. The average Bonchev–Trinajstić information content (AvgIpc) is 2.71. The quantitative estimate of drug-likeness (QED) is 0.776. The van der Waals surface area contributed by atoms with Gasteiger partial charge in [-0.15, -0.1) is 0 Å². The highest BCUT2D eigenvalue weighted by molar-refractivity contribution is 6.38. The Bertz CT molecular complexity index is 700. The molecule has 0 atom stereocenters. The number of benzene rings is 1. The molecule has 1 N–H and O–H groups in total. The fraction of sp³-hybridized carbons (Fsp3) is 0.375. The largest absolute Gasteiger partial charge is 0.416 e. The highest BCUT2D eigenvalue weighted by Gasteiger charge is 2.32. The summed E-state index contributed by atoms with van der Waals surface area (Å²) in [6.45, 7) is 3.76. The summed E-state index contributed by atoms with van der Waals surface area (Å²) in [5.41, 5.74) is 2.13. The van der Waals surface area contributed by atoms with Gasteiger partial charge in [-0.05, 0) is 50.5 Å². The van der Waals surface area contributed by atoms with E-state index < -0.39 is 11.7 Å². The Labute approximate surface area is 142 Å². The molecule has 2 rings (SSSR count). The second kappa shape index (κ2) is 6.75. The van der Waals surface area contributed by atoms with E-state index in [1.807, 2.05) is 19.9 Å². The van der Waals surface area contributed by atoms with Crippen molar-refractivity contribution in [1.82, 2.24) is 4.57 Å². The minimum atomic E-state index is -4.50. The third-order valence-electron chi connectivity index (χ3n) is 3.71. The van der Waals surface area contributed by atoms with Gasteiger partial charge in [-0.1, -0.05) is 23.2 Å². The van der Waals surface area contributed by atoms with Crippen molar-refractivity contribution in [2.24, 2.45) is 0 Å². The lowest BCUT2D eigenvalue weighted by molar-refractivity contribution is -0.137. The van der Waals surface area contributed by atoms with E-state index in [0.29, 0.717) is 18.5 Å². The topological polar surface area (TPSA) is 25.2 Å². The fourth-order valence-electron chi connectivity index (χ4n) is 2.64. The van der Waals surface area contributed by atoms with Gasteiger partial charge < -0.3 is 9.67 Å². The monoisotopic (exact) mass is 365 g/mol. The van der Waals surface area contributed by atoms with E-state index in [0.717, 1.165) is 29.1 Å². The van der Waals surface area contributed by atoms with Crippen LogP contribution >= 0.6 is 23.2 Å². The molecular weight excluding hydrogens is 350 g/mol. The van der Waals surface area contributed by atoms with Gasteiger partial charge in [-0.2, -0.15) is 13.2 Å². The molecule has 0 aliphatic rings. The van der Waals surface area contributed by atoms with Crippen LogP contribution in [-0.2, 0) is 12.6 Å². The maximum Gasteiger partial charge on any atom is 0.416 e. The molecule has 1 aromatic heterocycles. The number of aliphatic hydroxyl groups is 1. The number of hydrogen-bond acceptors (Lipinski definition) is 1. The normalized spacial score (nSPS) is 12.0. The molecule has 2 nitrogen and oxygen atoms in total. The van der Waals surface area contributed by atoms with Gasteiger partial charge in [-0.3, -0.25) is 0 Å². The van der Waals surface area contributed by atoms with Crippen LogP contribution in [0.1, 0.15) is 28.9 Å². The second-order valence-corrected chi connectivity index (χ2v) is 6.16. The molecule has 0 saturated heterocycles. The Balaban J connectivity index is 2.57. The lowest BCUT2D eigenvalue weighted by Crippen LogP contribution is -2.08. The molecule has 1 aromatic carbocycles. The third kappa shape index (κ3) is 3.67.